The van der Waals surface area contributed by atoms with E-state index in [4.69, 9.17) is 4.74 Å². The largest absolute Gasteiger partial charge is 0.496 e. The topological polar surface area (TPSA) is 75.7 Å². The average Bonchev–Trinajstić information content (AvgIpc) is 2.59. The van der Waals surface area contributed by atoms with E-state index in [-0.39, 0.29) is 23.6 Å². The fourth-order valence-corrected chi connectivity index (χ4v) is 3.31. The summed E-state index contributed by atoms with van der Waals surface area (Å²) in [4.78, 5) is 12.2. The lowest BCUT2D eigenvalue weighted by Crippen LogP contribution is -2.22. The molecule has 140 valence electrons. The summed E-state index contributed by atoms with van der Waals surface area (Å²) in [5.41, 5.74) is 0.968. The molecule has 0 atom stereocenters. The molecule has 26 heavy (non-hydrogen) atoms. The highest BCUT2D eigenvalue weighted by molar-refractivity contribution is 7.89. The molecule has 1 amide bonds. The van der Waals surface area contributed by atoms with Crippen molar-refractivity contribution < 1.29 is 22.3 Å². The van der Waals surface area contributed by atoms with Gasteiger partial charge in [0.2, 0.25) is 15.9 Å². The molecule has 0 aromatic heterocycles. The number of nitrogens with zero attached hydrogens (tertiary/aromatic N) is 1. The molecule has 0 aliphatic carbocycles. The maximum absolute atomic E-state index is 13.2. The van der Waals surface area contributed by atoms with Gasteiger partial charge >= 0.3 is 0 Å². The minimum atomic E-state index is -3.58. The second-order valence-electron chi connectivity index (χ2n) is 5.82. The van der Waals surface area contributed by atoms with E-state index >= 15 is 0 Å². The number of aryl methyl sites for hydroxylation is 1. The van der Waals surface area contributed by atoms with E-state index in [9.17, 15) is 17.6 Å². The Kier molecular flexibility index (Phi) is 6.33. The van der Waals surface area contributed by atoms with Gasteiger partial charge in [-0.3, -0.25) is 4.79 Å². The van der Waals surface area contributed by atoms with Gasteiger partial charge in [-0.15, -0.1) is 0 Å². The first-order valence-corrected chi connectivity index (χ1v) is 9.33. The SMILES string of the molecule is COc1ccc(S(=O)(=O)N(C)C)cc1CCC(=O)Nc1cccc(F)c1. The monoisotopic (exact) mass is 380 g/mol. The molecule has 0 saturated heterocycles. The summed E-state index contributed by atoms with van der Waals surface area (Å²) in [7, 11) is 0.797. The Labute approximate surface area is 152 Å². The summed E-state index contributed by atoms with van der Waals surface area (Å²) in [6.07, 6.45) is 0.374. The van der Waals surface area contributed by atoms with Crippen LogP contribution in [0.15, 0.2) is 47.4 Å². The van der Waals surface area contributed by atoms with Gasteiger partial charge in [0.25, 0.3) is 0 Å². The van der Waals surface area contributed by atoms with Crippen molar-refractivity contribution in [1.82, 2.24) is 4.31 Å². The van der Waals surface area contributed by atoms with E-state index in [0.717, 1.165) is 4.31 Å². The van der Waals surface area contributed by atoms with Crippen LogP contribution in [0.2, 0.25) is 0 Å². The molecule has 0 aliphatic rings. The minimum Gasteiger partial charge on any atom is -0.496 e. The molecule has 0 spiro atoms. The Bertz CT molecular complexity index is 898. The molecular formula is C18H21FN2O4S. The third-order valence-corrected chi connectivity index (χ3v) is 5.57. The van der Waals surface area contributed by atoms with Crippen LogP contribution in [0.25, 0.3) is 0 Å². The number of carbonyl (C=O) groups is 1. The highest BCUT2D eigenvalue weighted by atomic mass is 32.2. The number of nitrogens with one attached hydrogen (secondary N) is 1. The summed E-state index contributed by atoms with van der Waals surface area (Å²) in [5.74, 6) is -0.245. The van der Waals surface area contributed by atoms with Crippen LogP contribution in [0.3, 0.4) is 0 Å². The molecule has 2 rings (SSSR count). The molecule has 0 radical (unpaired) electrons. The summed E-state index contributed by atoms with van der Waals surface area (Å²) < 4.78 is 44.1. The third-order valence-electron chi connectivity index (χ3n) is 3.76. The number of anilines is 1. The maximum Gasteiger partial charge on any atom is 0.242 e. The van der Waals surface area contributed by atoms with E-state index in [1.807, 2.05) is 0 Å². The van der Waals surface area contributed by atoms with Crippen LogP contribution in [-0.4, -0.2) is 39.8 Å². The van der Waals surface area contributed by atoms with E-state index in [2.05, 4.69) is 5.32 Å². The first kappa shape index (κ1) is 19.9. The number of hydrogen-bond acceptors (Lipinski definition) is 4. The predicted octanol–water partition coefficient (Wildman–Crippen LogP) is 2.66. The van der Waals surface area contributed by atoms with Crippen molar-refractivity contribution in [2.24, 2.45) is 0 Å². The lowest BCUT2D eigenvalue weighted by molar-refractivity contribution is -0.116. The Morgan fingerprint density at radius 1 is 1.19 bits per heavy atom. The molecule has 2 aromatic rings. The van der Waals surface area contributed by atoms with Crippen LogP contribution in [0, 0.1) is 5.82 Å². The number of hydrogen-bond donors (Lipinski definition) is 1. The number of methoxy groups -OCH3 is 1. The smallest absolute Gasteiger partial charge is 0.242 e. The second kappa shape index (κ2) is 8.29. The normalized spacial score (nSPS) is 11.4. The van der Waals surface area contributed by atoms with Crippen molar-refractivity contribution in [2.75, 3.05) is 26.5 Å². The molecule has 1 N–H and O–H groups in total. The van der Waals surface area contributed by atoms with Gasteiger partial charge in [0, 0.05) is 26.2 Å². The summed E-state index contributed by atoms with van der Waals surface area (Å²) in [6.45, 7) is 0. The first-order valence-electron chi connectivity index (χ1n) is 7.89. The van der Waals surface area contributed by atoms with Crippen molar-refractivity contribution in [3.8, 4) is 5.75 Å². The second-order valence-corrected chi connectivity index (χ2v) is 7.97. The van der Waals surface area contributed by atoms with Crippen LogP contribution in [-0.2, 0) is 21.2 Å². The van der Waals surface area contributed by atoms with Gasteiger partial charge in [0.05, 0.1) is 12.0 Å². The highest BCUT2D eigenvalue weighted by Crippen LogP contribution is 2.25. The summed E-state index contributed by atoms with van der Waals surface area (Å²) in [5, 5.41) is 2.61. The van der Waals surface area contributed by atoms with Crippen LogP contribution >= 0.6 is 0 Å². The van der Waals surface area contributed by atoms with Gasteiger partial charge in [0.15, 0.2) is 0 Å². The molecule has 0 fully saturated rings. The van der Waals surface area contributed by atoms with E-state index in [1.165, 1.54) is 51.5 Å². The Morgan fingerprint density at radius 3 is 2.54 bits per heavy atom. The third kappa shape index (κ3) is 4.80. The lowest BCUT2D eigenvalue weighted by atomic mass is 10.1. The molecule has 0 aliphatic heterocycles. The van der Waals surface area contributed by atoms with Crippen molar-refractivity contribution in [1.29, 1.82) is 0 Å². The molecule has 0 saturated carbocycles. The molecule has 6 nitrogen and oxygen atoms in total. The van der Waals surface area contributed by atoms with Gasteiger partial charge < -0.3 is 10.1 Å². The zero-order valence-corrected chi connectivity index (χ0v) is 15.6. The molecule has 0 heterocycles. The quantitative estimate of drug-likeness (QED) is 0.801. The van der Waals surface area contributed by atoms with Gasteiger partial charge in [-0.1, -0.05) is 6.07 Å². The predicted molar refractivity (Wildman–Crippen MR) is 97.2 cm³/mol. The highest BCUT2D eigenvalue weighted by Gasteiger charge is 2.19. The van der Waals surface area contributed by atoms with Crippen LogP contribution in [0.1, 0.15) is 12.0 Å². The summed E-state index contributed by atoms with van der Waals surface area (Å²) in [6, 6.07) is 10.1. The van der Waals surface area contributed by atoms with Crippen LogP contribution < -0.4 is 10.1 Å². The van der Waals surface area contributed by atoms with Gasteiger partial charge in [-0.05, 0) is 48.4 Å². The molecule has 0 bridgehead atoms. The van der Waals surface area contributed by atoms with E-state index < -0.39 is 15.8 Å². The van der Waals surface area contributed by atoms with Gasteiger partial charge in [-0.25, -0.2) is 17.1 Å². The number of halogens is 1. The van der Waals surface area contributed by atoms with Crippen LogP contribution in [0.5, 0.6) is 5.75 Å². The number of benzene rings is 2. The van der Waals surface area contributed by atoms with E-state index in [1.54, 1.807) is 12.1 Å². The van der Waals surface area contributed by atoms with Crippen LogP contribution in [0.4, 0.5) is 10.1 Å². The first-order chi connectivity index (χ1) is 12.2. The maximum atomic E-state index is 13.2. The molecule has 2 aromatic carbocycles. The Balaban J connectivity index is 2.14. The lowest BCUT2D eigenvalue weighted by Gasteiger charge is -2.14. The fraction of sp³-hybridized carbons (Fsp3) is 0.278. The zero-order valence-electron chi connectivity index (χ0n) is 14.8. The number of rotatable bonds is 7. The molecule has 0 unspecified atom stereocenters. The van der Waals surface area contributed by atoms with Crippen molar-refractivity contribution in [3.63, 3.8) is 0 Å². The summed E-state index contributed by atoms with van der Waals surface area (Å²) >= 11 is 0. The Morgan fingerprint density at radius 2 is 1.92 bits per heavy atom. The number of amides is 1. The van der Waals surface area contributed by atoms with Crippen molar-refractivity contribution >= 4 is 21.6 Å². The average molecular weight is 380 g/mol. The number of carbonyl (C=O) groups excluding carboxylic acids is 1. The van der Waals surface area contributed by atoms with Gasteiger partial charge in [-0.2, -0.15) is 0 Å². The minimum absolute atomic E-state index is 0.0956. The molecule has 8 heteroatoms. The standard InChI is InChI=1S/C18H21FN2O4S/c1-21(2)26(23,24)16-8-9-17(25-3)13(11-16)7-10-18(22)20-15-6-4-5-14(19)12-15/h4-6,8-9,11-12H,7,10H2,1-3H3,(H,20,22). The number of sulfonamides is 1. The van der Waals surface area contributed by atoms with E-state index in [0.29, 0.717) is 17.0 Å². The fourth-order valence-electron chi connectivity index (χ4n) is 2.36. The Hall–Kier alpha value is -2.45. The number of ether oxygens (including phenoxy) is 1. The van der Waals surface area contributed by atoms with Crippen molar-refractivity contribution in [2.45, 2.75) is 17.7 Å². The van der Waals surface area contributed by atoms with Crippen molar-refractivity contribution in [3.05, 3.63) is 53.8 Å². The van der Waals surface area contributed by atoms with Gasteiger partial charge in [0.1, 0.15) is 11.6 Å². The molecular weight excluding hydrogens is 359 g/mol. The zero-order chi connectivity index (χ0) is 19.3.